The Morgan fingerprint density at radius 2 is 1.20 bits per heavy atom. The molecule has 10 N–H and O–H groups in total. The van der Waals surface area contributed by atoms with Crippen molar-refractivity contribution in [1.29, 1.82) is 0 Å². The molecule has 13 nitrogen and oxygen atoms in total. The van der Waals surface area contributed by atoms with Gasteiger partial charge in [-0.05, 0) is 17.7 Å². The van der Waals surface area contributed by atoms with Gasteiger partial charge in [-0.25, -0.2) is 0 Å². The molecule has 1 aromatic carbocycles. The molecule has 0 spiro atoms. The molecule has 15 heteroatoms. The lowest BCUT2D eigenvalue weighted by Crippen LogP contribution is -2.53. The van der Waals surface area contributed by atoms with Crippen LogP contribution in [-0.4, -0.2) is 149 Å². The van der Waals surface area contributed by atoms with Crippen molar-refractivity contribution < 1.29 is 60.6 Å². The number of aliphatic hydroxyl groups excluding tert-OH is 10. The van der Waals surface area contributed by atoms with Crippen molar-refractivity contribution in [3.8, 4) is 5.75 Å². The average molecular weight is 618 g/mol. The normalized spacial score (nSPS) is 17.9. The smallest absolute Gasteiger partial charge is 0.191 e. The number of hydrogen-bond donors (Lipinski definition) is 10. The Morgan fingerprint density at radius 3 is 1.60 bits per heavy atom. The quantitative estimate of drug-likeness (QED) is 0.0749. The Labute approximate surface area is 244 Å². The molecule has 0 aliphatic rings. The van der Waals surface area contributed by atoms with E-state index in [2.05, 4.69) is 0 Å². The van der Waals surface area contributed by atoms with Gasteiger partial charge in [0.15, 0.2) is 5.12 Å². The third-order valence-corrected chi connectivity index (χ3v) is 7.23. The summed E-state index contributed by atoms with van der Waals surface area (Å²) < 4.78 is 5.70. The van der Waals surface area contributed by atoms with E-state index in [0.29, 0.717) is 11.5 Å². The molecular weight excluding hydrogens is 574 g/mol. The Hall–Kier alpha value is -1.11. The highest BCUT2D eigenvalue weighted by Crippen LogP contribution is 2.20. The van der Waals surface area contributed by atoms with Crippen LogP contribution in [0.25, 0.3) is 0 Å². The molecule has 0 amide bonds. The van der Waals surface area contributed by atoms with Crippen LogP contribution >= 0.6 is 24.2 Å². The molecule has 0 aliphatic heterocycles. The number of aliphatic hydroxyl groups is 10. The van der Waals surface area contributed by atoms with Crippen molar-refractivity contribution in [1.82, 2.24) is 4.90 Å². The van der Waals surface area contributed by atoms with Crippen molar-refractivity contribution >= 4 is 29.3 Å². The fraction of sp³-hybridized carbons (Fsp3) is 0.720. The second kappa shape index (κ2) is 19.9. The molecule has 0 saturated carbocycles. The zero-order chi connectivity index (χ0) is 29.7. The van der Waals surface area contributed by atoms with E-state index in [-0.39, 0.29) is 49.7 Å². The van der Waals surface area contributed by atoms with Gasteiger partial charge in [0.05, 0.1) is 25.4 Å². The highest BCUT2D eigenvalue weighted by atomic mass is 35.5. The Kier molecular flexibility index (Phi) is 19.4. The number of carbonyl (C=O) groups excluding carboxylic acids is 1. The molecule has 40 heavy (non-hydrogen) atoms. The number of rotatable bonds is 19. The first-order valence-electron chi connectivity index (χ1n) is 12.6. The second-order valence-corrected chi connectivity index (χ2v) is 10.6. The van der Waals surface area contributed by atoms with Crippen molar-refractivity contribution in [2.24, 2.45) is 5.92 Å². The molecule has 0 aliphatic carbocycles. The highest BCUT2D eigenvalue weighted by Gasteiger charge is 2.34. The zero-order valence-corrected chi connectivity index (χ0v) is 24.1. The van der Waals surface area contributed by atoms with Gasteiger partial charge in [0.2, 0.25) is 0 Å². The van der Waals surface area contributed by atoms with Gasteiger partial charge in [-0.2, -0.15) is 0 Å². The Morgan fingerprint density at radius 1 is 0.775 bits per heavy atom. The number of nitrogens with zero attached hydrogens (tertiary/aromatic N) is 1. The van der Waals surface area contributed by atoms with Crippen LogP contribution in [-0.2, 0) is 10.5 Å². The number of ether oxygens (including phenoxy) is 1. The van der Waals surface area contributed by atoms with Crippen LogP contribution in [0.3, 0.4) is 0 Å². The monoisotopic (exact) mass is 617 g/mol. The molecular formula is C25H44ClNO12S. The first-order chi connectivity index (χ1) is 18.3. The maximum Gasteiger partial charge on any atom is 0.191 e. The van der Waals surface area contributed by atoms with E-state index in [9.17, 15) is 45.6 Å². The van der Waals surface area contributed by atoms with Crippen LogP contribution in [0.4, 0.5) is 0 Å². The van der Waals surface area contributed by atoms with Gasteiger partial charge in [0.25, 0.3) is 0 Å². The summed E-state index contributed by atoms with van der Waals surface area (Å²) in [5.41, 5.74) is 0.921. The lowest BCUT2D eigenvalue weighted by atomic mass is 10.0. The van der Waals surface area contributed by atoms with Gasteiger partial charge < -0.3 is 55.8 Å². The standard InChI is InChI=1S/C25H43NO12S.ClH/c1-14(2)25(37)39-13-15-3-5-16(6-4-15)38-8-7-26(9-17(29)21(33)23(35)19(31)11-27)10-18(30)22(34)24(36)20(32)12-28;/h3-6,14,17-24,27-36H,7-13H2,1-2H3;1H/t17-,18-,19?,20?,21+,22+,23+,24+;/m0./s1. The van der Waals surface area contributed by atoms with Crippen molar-refractivity contribution in [2.75, 3.05) is 39.5 Å². The van der Waals surface area contributed by atoms with Crippen molar-refractivity contribution in [3.63, 3.8) is 0 Å². The highest BCUT2D eigenvalue weighted by molar-refractivity contribution is 8.13. The fourth-order valence-electron chi connectivity index (χ4n) is 3.42. The summed E-state index contributed by atoms with van der Waals surface area (Å²) in [6, 6.07) is 7.01. The van der Waals surface area contributed by atoms with Crippen molar-refractivity contribution in [2.45, 2.75) is 68.4 Å². The summed E-state index contributed by atoms with van der Waals surface area (Å²) in [6.07, 6.45) is -14.2. The van der Waals surface area contributed by atoms with E-state index in [1.165, 1.54) is 16.7 Å². The van der Waals surface area contributed by atoms with Gasteiger partial charge in [0.1, 0.15) is 49.0 Å². The van der Waals surface area contributed by atoms with Gasteiger partial charge >= 0.3 is 0 Å². The molecule has 8 atom stereocenters. The van der Waals surface area contributed by atoms with E-state index in [1.807, 2.05) is 13.8 Å². The van der Waals surface area contributed by atoms with Gasteiger partial charge in [-0.15, -0.1) is 12.4 Å². The van der Waals surface area contributed by atoms with E-state index in [0.717, 1.165) is 5.56 Å². The molecule has 0 fully saturated rings. The van der Waals surface area contributed by atoms with Crippen LogP contribution < -0.4 is 4.74 Å². The summed E-state index contributed by atoms with van der Waals surface area (Å²) in [5, 5.41) is 97.9. The van der Waals surface area contributed by atoms with Crippen LogP contribution in [0.5, 0.6) is 5.75 Å². The number of hydrogen-bond acceptors (Lipinski definition) is 14. The van der Waals surface area contributed by atoms with Gasteiger partial charge in [0, 0.05) is 31.3 Å². The maximum atomic E-state index is 11.8. The maximum absolute atomic E-state index is 11.8. The van der Waals surface area contributed by atoms with Crippen LogP contribution in [0.2, 0.25) is 0 Å². The minimum Gasteiger partial charge on any atom is -0.492 e. The topological polar surface area (TPSA) is 232 Å². The summed E-state index contributed by atoms with van der Waals surface area (Å²) in [7, 11) is 0. The first-order valence-corrected chi connectivity index (χ1v) is 13.6. The molecule has 1 aromatic rings. The Balaban J connectivity index is 0.0000152. The molecule has 234 valence electrons. The zero-order valence-electron chi connectivity index (χ0n) is 22.5. The first kappa shape index (κ1) is 38.9. The minimum atomic E-state index is -1.87. The third kappa shape index (κ3) is 13.2. The lowest BCUT2D eigenvalue weighted by Gasteiger charge is -2.33. The molecule has 0 heterocycles. The SMILES string of the molecule is CC(C)C(=O)SCc1ccc(OCCN(C[C@H](O)[C@@H](O)[C@H](O)C(O)CO)C[C@H](O)[C@@H](O)[C@H](O)C(O)CO)cc1.Cl. The number of benzene rings is 1. The number of thioether (sulfide) groups is 1. The molecule has 0 radical (unpaired) electrons. The summed E-state index contributed by atoms with van der Waals surface area (Å²) >= 11 is 1.22. The third-order valence-electron chi connectivity index (χ3n) is 5.99. The fourth-order valence-corrected chi connectivity index (χ4v) is 4.26. The van der Waals surface area contributed by atoms with Crippen LogP contribution in [0.15, 0.2) is 24.3 Å². The molecule has 2 unspecified atom stereocenters. The van der Waals surface area contributed by atoms with Crippen LogP contribution in [0, 0.1) is 5.92 Å². The molecule has 1 rings (SSSR count). The average Bonchev–Trinajstić information content (AvgIpc) is 2.93. The summed E-state index contributed by atoms with van der Waals surface area (Å²) in [5.74, 6) is 0.938. The van der Waals surface area contributed by atoms with Gasteiger partial charge in [-0.3, -0.25) is 9.69 Å². The van der Waals surface area contributed by atoms with E-state index < -0.39 is 62.0 Å². The molecule has 0 bridgehead atoms. The van der Waals surface area contributed by atoms with E-state index >= 15 is 0 Å². The summed E-state index contributed by atoms with van der Waals surface area (Å²) in [6.45, 7) is 1.20. The van der Waals surface area contributed by atoms with E-state index in [1.54, 1.807) is 24.3 Å². The number of carbonyl (C=O) groups is 1. The van der Waals surface area contributed by atoms with Crippen LogP contribution in [0.1, 0.15) is 19.4 Å². The van der Waals surface area contributed by atoms with Crippen molar-refractivity contribution in [3.05, 3.63) is 29.8 Å². The minimum absolute atomic E-state index is 0. The molecule has 0 aromatic heterocycles. The second-order valence-electron chi connectivity index (χ2n) is 9.61. The summed E-state index contributed by atoms with van der Waals surface area (Å²) in [4.78, 5) is 13.1. The largest absolute Gasteiger partial charge is 0.492 e. The predicted octanol–water partition coefficient (Wildman–Crippen LogP) is -2.92. The molecule has 0 saturated heterocycles. The van der Waals surface area contributed by atoms with E-state index in [4.69, 9.17) is 14.9 Å². The lowest BCUT2D eigenvalue weighted by molar-refractivity contribution is -0.130. The predicted molar refractivity (Wildman–Crippen MR) is 149 cm³/mol. The van der Waals surface area contributed by atoms with Gasteiger partial charge in [-0.1, -0.05) is 37.7 Å². The number of halogens is 1. The Bertz CT molecular complexity index is 793.